The van der Waals surface area contributed by atoms with E-state index in [9.17, 15) is 14.4 Å². The van der Waals surface area contributed by atoms with Crippen LogP contribution in [-0.4, -0.2) is 52.7 Å². The monoisotopic (exact) mass is 480 g/mol. The number of nitrogens with one attached hydrogen (secondary N) is 2. The van der Waals surface area contributed by atoms with E-state index in [4.69, 9.17) is 11.6 Å². The van der Waals surface area contributed by atoms with Gasteiger partial charge in [0.15, 0.2) is 0 Å². The van der Waals surface area contributed by atoms with E-state index in [0.29, 0.717) is 24.2 Å². The molecule has 0 radical (unpaired) electrons. The molecule has 1 aromatic heterocycles. The minimum Gasteiger partial charge on any atom is -0.497 e. The second kappa shape index (κ2) is 12.3. The number of carbonyl (C=O) groups excluding carboxylic acids is 3. The first-order chi connectivity index (χ1) is 18.8. The summed E-state index contributed by atoms with van der Waals surface area (Å²) in [6.45, 7) is 2.54. The predicted molar refractivity (Wildman–Crippen MR) is 131 cm³/mol. The molecular formula is C26H29N5O4. The second-order valence-corrected chi connectivity index (χ2v) is 7.35. The Hall–Kier alpha value is -4.27. The van der Waals surface area contributed by atoms with Crippen molar-refractivity contribution in [3.05, 3.63) is 89.0 Å². The predicted octanol–water partition coefficient (Wildman–Crippen LogP) is 2.83. The van der Waals surface area contributed by atoms with Gasteiger partial charge in [0.05, 0.1) is 13.9 Å². The Morgan fingerprint density at radius 1 is 0.943 bits per heavy atom. The Balaban J connectivity index is 1.65. The highest BCUT2D eigenvalue weighted by atomic mass is 16.5. The molecule has 9 nitrogen and oxygen atoms in total. The third-order valence-corrected chi connectivity index (χ3v) is 5.10. The Kier molecular flexibility index (Phi) is 6.69. The molecule has 0 aliphatic heterocycles. The first-order valence-corrected chi connectivity index (χ1v) is 10.9. The molecule has 3 amide bonds. The Morgan fingerprint density at radius 2 is 1.63 bits per heavy atom. The van der Waals surface area contributed by atoms with Crippen LogP contribution in [0.4, 0.5) is 0 Å². The van der Waals surface area contributed by atoms with Crippen molar-refractivity contribution in [2.24, 2.45) is 0 Å². The zero-order valence-electron chi connectivity index (χ0n) is 24.4. The maximum absolute atomic E-state index is 12.8. The molecular weight excluding hydrogens is 446 g/mol. The van der Waals surface area contributed by atoms with Gasteiger partial charge in [-0.15, -0.1) is 0 Å². The molecule has 3 rings (SSSR count). The minimum atomic E-state index is -2.61. The third-order valence-electron chi connectivity index (χ3n) is 5.10. The number of carbonyl (C=O) groups is 3. The zero-order valence-corrected chi connectivity index (χ0v) is 19.4. The van der Waals surface area contributed by atoms with Crippen LogP contribution in [0.15, 0.2) is 60.9 Å². The van der Waals surface area contributed by atoms with Crippen LogP contribution in [0.3, 0.4) is 0 Å². The standard InChI is InChI=1S/C26H29N5O4/c1-4-31(5-2)26(34)20-11-9-18(10-12-20)15-27-24(32)22-14-23(30-17-29-22)25(33)28-16-19-7-6-8-21(13-19)35-3/h6-14,17H,4-5,15-16H2,1-3H3,(H,27,32)(H,28,33)/i3D3,15D2. The van der Waals surface area contributed by atoms with Gasteiger partial charge in [0.1, 0.15) is 23.5 Å². The molecule has 0 aliphatic rings. The van der Waals surface area contributed by atoms with Gasteiger partial charge in [-0.1, -0.05) is 24.3 Å². The number of hydrogen-bond acceptors (Lipinski definition) is 6. The largest absolute Gasteiger partial charge is 0.497 e. The van der Waals surface area contributed by atoms with Gasteiger partial charge in [0.2, 0.25) is 0 Å². The van der Waals surface area contributed by atoms with E-state index in [1.54, 1.807) is 17.0 Å². The van der Waals surface area contributed by atoms with Crippen molar-refractivity contribution in [2.45, 2.75) is 26.9 Å². The van der Waals surface area contributed by atoms with E-state index in [0.717, 1.165) is 12.4 Å². The van der Waals surface area contributed by atoms with Crippen LogP contribution in [0, 0.1) is 0 Å². The molecule has 0 bridgehead atoms. The minimum absolute atomic E-state index is 0.0257. The summed E-state index contributed by atoms with van der Waals surface area (Å²) in [7, 11) is -2.61. The highest BCUT2D eigenvalue weighted by Crippen LogP contribution is 2.12. The van der Waals surface area contributed by atoms with E-state index in [1.807, 2.05) is 13.8 Å². The van der Waals surface area contributed by atoms with Gasteiger partial charge in [0, 0.05) is 37.8 Å². The number of benzene rings is 2. The summed E-state index contributed by atoms with van der Waals surface area (Å²) in [6.07, 6.45) is 1.01. The van der Waals surface area contributed by atoms with Gasteiger partial charge >= 0.3 is 0 Å². The van der Waals surface area contributed by atoms with E-state index in [-0.39, 0.29) is 35.2 Å². The topological polar surface area (TPSA) is 114 Å². The molecule has 0 spiro atoms. The molecule has 2 aromatic carbocycles. The van der Waals surface area contributed by atoms with Crippen LogP contribution < -0.4 is 15.4 Å². The molecule has 0 saturated heterocycles. The van der Waals surface area contributed by atoms with E-state index < -0.39 is 25.3 Å². The van der Waals surface area contributed by atoms with Crippen LogP contribution in [0.1, 0.15) is 63.2 Å². The van der Waals surface area contributed by atoms with Crippen molar-refractivity contribution in [3.63, 3.8) is 0 Å². The van der Waals surface area contributed by atoms with Crippen LogP contribution in [0.2, 0.25) is 0 Å². The van der Waals surface area contributed by atoms with Crippen molar-refractivity contribution in [3.8, 4) is 5.75 Å². The maximum atomic E-state index is 12.8. The lowest BCUT2D eigenvalue weighted by atomic mass is 10.1. The number of hydrogen-bond donors (Lipinski definition) is 2. The molecule has 35 heavy (non-hydrogen) atoms. The third kappa shape index (κ3) is 6.86. The molecule has 1 heterocycles. The van der Waals surface area contributed by atoms with Crippen molar-refractivity contribution in [2.75, 3.05) is 20.1 Å². The lowest BCUT2D eigenvalue weighted by Crippen LogP contribution is -2.30. The van der Waals surface area contributed by atoms with Crippen molar-refractivity contribution >= 4 is 17.7 Å². The van der Waals surface area contributed by atoms with E-state index in [1.165, 1.54) is 36.4 Å². The molecule has 3 aromatic rings. The highest BCUT2D eigenvalue weighted by molar-refractivity contribution is 5.97. The second-order valence-electron chi connectivity index (χ2n) is 7.35. The van der Waals surface area contributed by atoms with Crippen LogP contribution >= 0.6 is 0 Å². The summed E-state index contributed by atoms with van der Waals surface area (Å²) in [5.41, 5.74) is 0.728. The molecule has 182 valence electrons. The average Bonchev–Trinajstić information content (AvgIpc) is 2.91. The summed E-state index contributed by atoms with van der Waals surface area (Å²) in [5, 5.41) is 4.86. The zero-order chi connectivity index (χ0) is 29.5. The quantitative estimate of drug-likeness (QED) is 0.461. The highest BCUT2D eigenvalue weighted by Gasteiger charge is 2.14. The smallest absolute Gasteiger partial charge is 0.270 e. The lowest BCUT2D eigenvalue weighted by molar-refractivity contribution is 0.0772. The van der Waals surface area contributed by atoms with Gasteiger partial charge in [-0.05, 0) is 49.2 Å². The average molecular weight is 481 g/mol. The van der Waals surface area contributed by atoms with Gasteiger partial charge in [0.25, 0.3) is 17.7 Å². The number of ether oxygens (including phenoxy) is 1. The number of nitrogens with zero attached hydrogens (tertiary/aromatic N) is 3. The molecule has 0 unspecified atom stereocenters. The molecule has 0 atom stereocenters. The molecule has 0 saturated carbocycles. The summed E-state index contributed by atoms with van der Waals surface area (Å²) in [5.74, 6) is -1.56. The first kappa shape index (κ1) is 19.1. The molecule has 0 fully saturated rings. The first-order valence-electron chi connectivity index (χ1n) is 13.4. The Bertz CT molecular complexity index is 1360. The lowest BCUT2D eigenvalue weighted by Gasteiger charge is -2.18. The summed E-state index contributed by atoms with van der Waals surface area (Å²) in [6, 6.07) is 13.2. The van der Waals surface area contributed by atoms with Gasteiger partial charge in [-0.3, -0.25) is 14.4 Å². The van der Waals surface area contributed by atoms with Gasteiger partial charge in [-0.2, -0.15) is 0 Å². The SMILES string of the molecule is [2H]C([2H])([2H])Oc1cccc(CNC(=O)c2cc(C(=O)NC([2H])([2H])c3ccc(C(=O)N(CC)CC)cc3)ncn2)c1. The number of aromatic nitrogens is 2. The van der Waals surface area contributed by atoms with E-state index >= 15 is 0 Å². The Labute approximate surface area is 211 Å². The van der Waals surface area contributed by atoms with Gasteiger partial charge in [-0.25, -0.2) is 9.97 Å². The summed E-state index contributed by atoms with van der Waals surface area (Å²) in [4.78, 5) is 47.3. The fourth-order valence-electron chi connectivity index (χ4n) is 3.18. The Morgan fingerprint density at radius 3 is 2.29 bits per heavy atom. The van der Waals surface area contributed by atoms with Crippen molar-refractivity contribution < 1.29 is 26.0 Å². The van der Waals surface area contributed by atoms with Crippen LogP contribution in [-0.2, 0) is 13.0 Å². The fourth-order valence-corrected chi connectivity index (χ4v) is 3.18. The van der Waals surface area contributed by atoms with E-state index in [2.05, 4.69) is 20.6 Å². The molecule has 2 N–H and O–H groups in total. The number of methoxy groups -OCH3 is 1. The van der Waals surface area contributed by atoms with Crippen LogP contribution in [0.25, 0.3) is 0 Å². The summed E-state index contributed by atoms with van der Waals surface area (Å²) >= 11 is 0. The number of rotatable bonds is 10. The molecule has 9 heteroatoms. The van der Waals surface area contributed by atoms with Gasteiger partial charge < -0.3 is 20.3 Å². The molecule has 0 aliphatic carbocycles. The number of amides is 3. The normalized spacial score (nSPS) is 13.3. The summed E-state index contributed by atoms with van der Waals surface area (Å²) < 4.78 is 43.1. The van der Waals surface area contributed by atoms with Crippen LogP contribution in [0.5, 0.6) is 5.75 Å². The van der Waals surface area contributed by atoms with Crippen molar-refractivity contribution in [1.82, 2.24) is 25.5 Å². The van der Waals surface area contributed by atoms with Crippen molar-refractivity contribution in [1.29, 1.82) is 0 Å². The fraction of sp³-hybridized carbons (Fsp3) is 0.269. The maximum Gasteiger partial charge on any atom is 0.270 e.